The lowest BCUT2D eigenvalue weighted by Gasteiger charge is -2.13. The number of allylic oxidation sites excluding steroid dienone is 1. The molecular weight excluding hydrogens is 320 g/mol. The summed E-state index contributed by atoms with van der Waals surface area (Å²) in [5.41, 5.74) is 0.741. The number of nitrogens with zero attached hydrogens (tertiary/aromatic N) is 2. The Morgan fingerprint density at radius 1 is 1.20 bits per heavy atom. The Bertz CT molecular complexity index is 567. The third-order valence-electron chi connectivity index (χ3n) is 2.37. The minimum absolute atomic E-state index is 0.0374. The van der Waals surface area contributed by atoms with Crippen molar-refractivity contribution >= 4 is 22.0 Å². The second-order valence-corrected chi connectivity index (χ2v) is 4.74. The fraction of sp³-hybridized carbons (Fsp3) is 0.333. The molecule has 0 aliphatic carbocycles. The van der Waals surface area contributed by atoms with Crippen molar-refractivity contribution in [3.05, 3.63) is 27.7 Å². The van der Waals surface area contributed by atoms with Crippen LogP contribution in [-0.4, -0.2) is 13.2 Å². The summed E-state index contributed by atoms with van der Waals surface area (Å²) >= 11 is 3.41. The number of benzene rings is 1. The van der Waals surface area contributed by atoms with Gasteiger partial charge in [-0.3, -0.25) is 0 Å². The molecule has 0 spiro atoms. The molecule has 0 saturated carbocycles. The highest BCUT2D eigenvalue weighted by atomic mass is 79.9. The zero-order valence-corrected chi connectivity index (χ0v) is 13.0. The van der Waals surface area contributed by atoms with Gasteiger partial charge in [-0.1, -0.05) is 22.9 Å². The van der Waals surface area contributed by atoms with Crippen LogP contribution in [0.15, 0.2) is 22.2 Å². The monoisotopic (exact) mass is 334 g/mol. The molecule has 104 valence electrons. The summed E-state index contributed by atoms with van der Waals surface area (Å²) in [6.07, 6.45) is 2.41. The maximum absolute atomic E-state index is 8.81. The molecule has 1 rings (SSSR count). The fourth-order valence-electron chi connectivity index (χ4n) is 1.50. The van der Waals surface area contributed by atoms with Crippen LogP contribution in [0, 0.1) is 22.7 Å². The summed E-state index contributed by atoms with van der Waals surface area (Å²) in [7, 11) is 0. The van der Waals surface area contributed by atoms with Crippen molar-refractivity contribution in [3.63, 3.8) is 0 Å². The summed E-state index contributed by atoms with van der Waals surface area (Å²) in [6, 6.07) is 7.22. The molecule has 0 N–H and O–H groups in total. The Hall–Kier alpha value is -1.98. The standard InChI is InChI=1S/C15H15BrN2O2/c1-3-5-20-15-8-13(16)12(6-11(9-17)10-18)7-14(15)19-4-2/h6-8H,3-5H2,1-2H3. The molecule has 0 aromatic heterocycles. The van der Waals surface area contributed by atoms with Gasteiger partial charge >= 0.3 is 0 Å². The molecule has 1 aromatic carbocycles. The molecule has 0 fully saturated rings. The first-order valence-electron chi connectivity index (χ1n) is 6.27. The lowest BCUT2D eigenvalue weighted by molar-refractivity contribution is 0.276. The molecular formula is C15H15BrN2O2. The molecule has 0 heterocycles. The van der Waals surface area contributed by atoms with Gasteiger partial charge in [-0.25, -0.2) is 0 Å². The van der Waals surface area contributed by atoms with E-state index in [1.807, 2.05) is 26.0 Å². The molecule has 0 amide bonds. The molecule has 4 nitrogen and oxygen atoms in total. The first kappa shape index (κ1) is 16.1. The van der Waals surface area contributed by atoms with E-state index < -0.39 is 0 Å². The van der Waals surface area contributed by atoms with Gasteiger partial charge in [0, 0.05) is 4.47 Å². The van der Waals surface area contributed by atoms with Crippen LogP contribution < -0.4 is 9.47 Å². The van der Waals surface area contributed by atoms with Gasteiger partial charge in [-0.2, -0.15) is 10.5 Å². The van der Waals surface area contributed by atoms with Crippen molar-refractivity contribution in [2.24, 2.45) is 0 Å². The highest BCUT2D eigenvalue weighted by Gasteiger charge is 2.10. The van der Waals surface area contributed by atoms with Crippen LogP contribution in [0.3, 0.4) is 0 Å². The van der Waals surface area contributed by atoms with E-state index in [9.17, 15) is 0 Å². The van der Waals surface area contributed by atoms with Gasteiger partial charge in [0.1, 0.15) is 17.7 Å². The molecule has 0 unspecified atom stereocenters. The fourth-order valence-corrected chi connectivity index (χ4v) is 1.94. The van der Waals surface area contributed by atoms with E-state index in [-0.39, 0.29) is 5.57 Å². The lowest BCUT2D eigenvalue weighted by Crippen LogP contribution is -2.00. The van der Waals surface area contributed by atoms with E-state index in [1.165, 1.54) is 6.08 Å². The summed E-state index contributed by atoms with van der Waals surface area (Å²) in [5, 5.41) is 17.6. The van der Waals surface area contributed by atoms with Gasteiger partial charge in [0.25, 0.3) is 0 Å². The smallest absolute Gasteiger partial charge is 0.162 e. The van der Waals surface area contributed by atoms with Gasteiger partial charge < -0.3 is 9.47 Å². The van der Waals surface area contributed by atoms with Crippen LogP contribution >= 0.6 is 15.9 Å². The van der Waals surface area contributed by atoms with Crippen molar-refractivity contribution in [2.45, 2.75) is 20.3 Å². The van der Waals surface area contributed by atoms with Gasteiger partial charge in [-0.15, -0.1) is 0 Å². The van der Waals surface area contributed by atoms with Crippen molar-refractivity contribution in [1.82, 2.24) is 0 Å². The molecule has 0 bridgehead atoms. The summed E-state index contributed by atoms with van der Waals surface area (Å²) in [5.74, 6) is 1.25. The molecule has 0 aliphatic rings. The Morgan fingerprint density at radius 2 is 1.85 bits per heavy atom. The Kier molecular flexibility index (Phi) is 6.63. The van der Waals surface area contributed by atoms with E-state index in [1.54, 1.807) is 12.1 Å². The second-order valence-electron chi connectivity index (χ2n) is 3.88. The predicted octanol–water partition coefficient (Wildman–Crippen LogP) is 4.07. The Labute approximate surface area is 127 Å². The van der Waals surface area contributed by atoms with Crippen LogP contribution in [0.25, 0.3) is 6.08 Å². The van der Waals surface area contributed by atoms with Gasteiger partial charge in [-0.05, 0) is 37.1 Å². The minimum atomic E-state index is 0.0374. The molecule has 0 radical (unpaired) electrons. The molecule has 20 heavy (non-hydrogen) atoms. The Morgan fingerprint density at radius 3 is 2.40 bits per heavy atom. The average Bonchev–Trinajstić information content (AvgIpc) is 2.46. The summed E-state index contributed by atoms with van der Waals surface area (Å²) < 4.78 is 11.9. The summed E-state index contributed by atoms with van der Waals surface area (Å²) in [4.78, 5) is 0. The van der Waals surface area contributed by atoms with Crippen LogP contribution in [-0.2, 0) is 0 Å². The Balaban J connectivity index is 3.23. The van der Waals surface area contributed by atoms with Crippen molar-refractivity contribution in [2.75, 3.05) is 13.2 Å². The molecule has 0 atom stereocenters. The van der Waals surface area contributed by atoms with Crippen molar-refractivity contribution in [3.8, 4) is 23.6 Å². The van der Waals surface area contributed by atoms with Gasteiger partial charge in [0.05, 0.1) is 13.2 Å². The normalized spacial score (nSPS) is 9.25. The van der Waals surface area contributed by atoms with Crippen molar-refractivity contribution < 1.29 is 9.47 Å². The SMILES string of the molecule is CCCOc1cc(Br)c(C=C(C#N)C#N)cc1OCC. The quantitative estimate of drug-likeness (QED) is 0.735. The van der Waals surface area contributed by atoms with Gasteiger partial charge in [0.15, 0.2) is 11.5 Å². The van der Waals surface area contributed by atoms with E-state index >= 15 is 0 Å². The third kappa shape index (κ3) is 4.29. The number of hydrogen-bond donors (Lipinski definition) is 0. The zero-order chi connectivity index (χ0) is 15.0. The lowest BCUT2D eigenvalue weighted by atomic mass is 10.1. The maximum Gasteiger partial charge on any atom is 0.162 e. The molecule has 5 heteroatoms. The molecule has 0 aliphatic heterocycles. The third-order valence-corrected chi connectivity index (χ3v) is 3.05. The largest absolute Gasteiger partial charge is 0.490 e. The first-order chi connectivity index (χ1) is 9.65. The second kappa shape index (κ2) is 8.24. The van der Waals surface area contributed by atoms with Crippen LogP contribution in [0.2, 0.25) is 0 Å². The maximum atomic E-state index is 8.81. The highest BCUT2D eigenvalue weighted by Crippen LogP contribution is 2.35. The number of ether oxygens (including phenoxy) is 2. The van der Waals surface area contributed by atoms with E-state index in [2.05, 4.69) is 15.9 Å². The van der Waals surface area contributed by atoms with Crippen LogP contribution in [0.1, 0.15) is 25.8 Å². The number of hydrogen-bond acceptors (Lipinski definition) is 4. The van der Waals surface area contributed by atoms with Crippen molar-refractivity contribution in [1.29, 1.82) is 10.5 Å². The van der Waals surface area contributed by atoms with E-state index in [0.717, 1.165) is 10.9 Å². The number of halogens is 1. The average molecular weight is 335 g/mol. The van der Waals surface area contributed by atoms with Crippen LogP contribution in [0.4, 0.5) is 0 Å². The van der Waals surface area contributed by atoms with E-state index in [4.69, 9.17) is 20.0 Å². The predicted molar refractivity (Wildman–Crippen MR) is 80.3 cm³/mol. The topological polar surface area (TPSA) is 66.0 Å². The van der Waals surface area contributed by atoms with Crippen LogP contribution in [0.5, 0.6) is 11.5 Å². The molecule has 0 saturated heterocycles. The minimum Gasteiger partial charge on any atom is -0.490 e. The van der Waals surface area contributed by atoms with E-state index in [0.29, 0.717) is 30.3 Å². The summed E-state index contributed by atoms with van der Waals surface area (Å²) in [6.45, 7) is 5.02. The highest BCUT2D eigenvalue weighted by molar-refractivity contribution is 9.10. The number of nitriles is 2. The molecule has 1 aromatic rings. The zero-order valence-electron chi connectivity index (χ0n) is 11.4. The number of rotatable bonds is 6. The first-order valence-corrected chi connectivity index (χ1v) is 7.06. The van der Waals surface area contributed by atoms with Gasteiger partial charge in [0.2, 0.25) is 0 Å².